The lowest BCUT2D eigenvalue weighted by molar-refractivity contribution is -0.123. The molecule has 4 aromatic rings. The molecule has 46 heavy (non-hydrogen) atoms. The van der Waals surface area contributed by atoms with Crippen molar-refractivity contribution in [1.29, 1.82) is 0 Å². The number of rotatable bonds is 7. The number of H-pyrrole nitrogens is 1. The molecule has 8 rings (SSSR count). The molecule has 3 heterocycles. The molecule has 2 aliphatic heterocycles. The van der Waals surface area contributed by atoms with Gasteiger partial charge in [-0.25, -0.2) is 4.39 Å². The number of aromatic nitrogens is 1. The van der Waals surface area contributed by atoms with Crippen molar-refractivity contribution in [3.05, 3.63) is 98.7 Å². The maximum absolute atomic E-state index is 13.9. The lowest BCUT2D eigenvalue weighted by Crippen LogP contribution is -2.42. The average molecular weight is 658 g/mol. The quantitative estimate of drug-likeness (QED) is 0.260. The number of imide groups is 1. The number of nitrogens with zero attached hydrogens (tertiary/aromatic N) is 1. The molecule has 1 saturated heterocycles. The first-order valence-corrected chi connectivity index (χ1v) is 16.7. The molecule has 4 aliphatic rings. The molecule has 9 nitrogen and oxygen atoms in total. The maximum atomic E-state index is 13.9. The first-order valence-electron chi connectivity index (χ1n) is 15.0. The molecule has 2 bridgehead atoms. The SMILES string of the molecule is COc1cc([C@@H]2c3sc(=O)[nH]c3S[C@@H]3[C@@H]4C[C@@H]([C@@H]5C(=O)N(c6ccc(F)cc6)C(=O)[C@@H]45)[C@H]23)ccc1OCC(=O)Nc1ccccc1. The molecule has 0 radical (unpaired) electrons. The smallest absolute Gasteiger partial charge is 0.305 e. The zero-order valence-corrected chi connectivity index (χ0v) is 26.1. The number of amides is 3. The fourth-order valence-electron chi connectivity index (χ4n) is 8.09. The second-order valence-corrected chi connectivity index (χ2v) is 14.3. The Morgan fingerprint density at radius 3 is 2.46 bits per heavy atom. The van der Waals surface area contributed by atoms with Crippen LogP contribution in [0, 0.1) is 35.4 Å². The lowest BCUT2D eigenvalue weighted by Gasteiger charge is -2.43. The number of fused-ring (bicyclic) bond motifs is 9. The molecule has 0 unspecified atom stereocenters. The van der Waals surface area contributed by atoms with Crippen LogP contribution in [0.1, 0.15) is 22.8 Å². The van der Waals surface area contributed by atoms with Crippen molar-refractivity contribution in [2.24, 2.45) is 29.6 Å². The Bertz CT molecular complexity index is 1930. The number of carbonyl (C=O) groups is 3. The second-order valence-electron chi connectivity index (χ2n) is 12.1. The molecule has 3 fully saturated rings. The molecule has 234 valence electrons. The Labute approximate surface area is 271 Å². The minimum Gasteiger partial charge on any atom is -0.493 e. The Kier molecular flexibility index (Phi) is 7.02. The molecular weight excluding hydrogens is 630 g/mol. The summed E-state index contributed by atoms with van der Waals surface area (Å²) >= 11 is 2.78. The summed E-state index contributed by atoms with van der Waals surface area (Å²) in [6.07, 6.45) is 0.747. The number of carbonyl (C=O) groups excluding carboxylic acids is 3. The summed E-state index contributed by atoms with van der Waals surface area (Å²) in [5.74, 6) is -1.63. The monoisotopic (exact) mass is 657 g/mol. The zero-order valence-electron chi connectivity index (χ0n) is 24.5. The third kappa shape index (κ3) is 4.57. The average Bonchev–Trinajstić information content (AvgIpc) is 3.80. The number of hydrogen-bond acceptors (Lipinski definition) is 8. The molecule has 1 aromatic heterocycles. The van der Waals surface area contributed by atoms with Gasteiger partial charge in [0.05, 0.1) is 29.7 Å². The van der Waals surface area contributed by atoms with Crippen LogP contribution >= 0.6 is 23.1 Å². The number of benzene rings is 3. The topological polar surface area (TPSA) is 118 Å². The molecule has 3 aromatic carbocycles. The molecule has 7 atom stereocenters. The highest BCUT2D eigenvalue weighted by Crippen LogP contribution is 2.68. The van der Waals surface area contributed by atoms with E-state index in [0.29, 0.717) is 22.9 Å². The number of nitrogens with one attached hydrogen (secondary N) is 2. The van der Waals surface area contributed by atoms with E-state index in [2.05, 4.69) is 10.3 Å². The van der Waals surface area contributed by atoms with Gasteiger partial charge in [-0.15, -0.1) is 11.8 Å². The van der Waals surface area contributed by atoms with E-state index in [1.54, 1.807) is 30.0 Å². The highest BCUT2D eigenvalue weighted by Gasteiger charge is 2.69. The van der Waals surface area contributed by atoms with Crippen molar-refractivity contribution in [3.8, 4) is 11.5 Å². The van der Waals surface area contributed by atoms with Crippen molar-refractivity contribution >= 4 is 52.2 Å². The van der Waals surface area contributed by atoms with E-state index >= 15 is 0 Å². The van der Waals surface area contributed by atoms with Gasteiger partial charge in [-0.2, -0.15) is 0 Å². The fourth-order valence-corrected chi connectivity index (χ4v) is 11.0. The molecule has 2 N–H and O–H groups in total. The Balaban J connectivity index is 1.10. The minimum absolute atomic E-state index is 0.00626. The number of hydrogen-bond donors (Lipinski definition) is 2. The Hall–Kier alpha value is -4.42. The highest BCUT2D eigenvalue weighted by molar-refractivity contribution is 8.00. The first kappa shape index (κ1) is 29.0. The summed E-state index contributed by atoms with van der Waals surface area (Å²) < 4.78 is 25.2. The third-order valence-electron chi connectivity index (χ3n) is 9.77. The highest BCUT2D eigenvalue weighted by atomic mass is 32.2. The standard InChI is InChI=1S/C34H28FN3O6S2/c1-43-23-13-16(7-12-22(23)44-15-24(39)36-18-5-3-2-4-6-18)25-26-20-14-21(29(26)45-31-30(25)46-34(42)37-31)28-27(20)32(40)38(33(28)41)19-10-8-17(35)9-11-19/h2-13,20-21,25-29H,14-15H2,1H3,(H,36,39)(H,37,42)/t20-,21-,25+,26-,27+,28+,29-/m1/s1. The van der Waals surface area contributed by atoms with Gasteiger partial charge >= 0.3 is 4.87 Å². The molecule has 2 saturated carbocycles. The van der Waals surface area contributed by atoms with Crippen LogP contribution in [0.5, 0.6) is 11.5 Å². The van der Waals surface area contributed by atoms with Crippen molar-refractivity contribution in [3.63, 3.8) is 0 Å². The number of halogens is 1. The van der Waals surface area contributed by atoms with Gasteiger partial charge in [0.25, 0.3) is 5.91 Å². The van der Waals surface area contributed by atoms with Crippen molar-refractivity contribution in [2.45, 2.75) is 22.6 Å². The van der Waals surface area contributed by atoms with E-state index in [-0.39, 0.29) is 58.1 Å². The van der Waals surface area contributed by atoms with E-state index in [1.165, 1.54) is 47.6 Å². The number of anilines is 2. The predicted molar refractivity (Wildman–Crippen MR) is 171 cm³/mol. The van der Waals surface area contributed by atoms with Crippen LogP contribution in [-0.4, -0.2) is 41.7 Å². The van der Waals surface area contributed by atoms with Gasteiger partial charge in [0.1, 0.15) is 5.82 Å². The predicted octanol–water partition coefficient (Wildman–Crippen LogP) is 5.28. The normalized spacial score (nSPS) is 27.3. The van der Waals surface area contributed by atoms with E-state index < -0.39 is 17.7 Å². The molecule has 2 aliphatic carbocycles. The van der Waals surface area contributed by atoms with Gasteiger partial charge in [-0.05, 0) is 78.3 Å². The summed E-state index contributed by atoms with van der Waals surface area (Å²) in [5, 5.41) is 3.61. The number of thioether (sulfide) groups is 1. The third-order valence-corrected chi connectivity index (χ3v) is 12.4. The van der Waals surface area contributed by atoms with Crippen LogP contribution in [0.15, 0.2) is 82.6 Å². The molecular formula is C34H28FN3O6S2. The molecule has 12 heteroatoms. The summed E-state index contributed by atoms with van der Waals surface area (Å²) in [7, 11) is 1.53. The first-order chi connectivity index (χ1) is 22.3. The second kappa shape index (κ2) is 11.1. The Morgan fingerprint density at radius 2 is 1.72 bits per heavy atom. The van der Waals surface area contributed by atoms with Crippen LogP contribution in [0.4, 0.5) is 15.8 Å². The van der Waals surface area contributed by atoms with Gasteiger partial charge < -0.3 is 19.8 Å². The number of methoxy groups -OCH3 is 1. The van der Waals surface area contributed by atoms with Gasteiger partial charge in [-0.1, -0.05) is 35.6 Å². The largest absolute Gasteiger partial charge is 0.493 e. The van der Waals surface area contributed by atoms with Crippen LogP contribution in [-0.2, 0) is 14.4 Å². The van der Waals surface area contributed by atoms with E-state index in [4.69, 9.17) is 9.47 Å². The van der Waals surface area contributed by atoms with Gasteiger partial charge in [-0.3, -0.25) is 24.1 Å². The van der Waals surface area contributed by atoms with E-state index in [9.17, 15) is 23.6 Å². The molecule has 3 amide bonds. The van der Waals surface area contributed by atoms with Crippen molar-refractivity contribution in [2.75, 3.05) is 23.9 Å². The summed E-state index contributed by atoms with van der Waals surface area (Å²) in [5.41, 5.74) is 1.96. The van der Waals surface area contributed by atoms with Crippen LogP contribution in [0.25, 0.3) is 0 Å². The maximum Gasteiger partial charge on any atom is 0.305 e. The zero-order chi connectivity index (χ0) is 31.7. The van der Waals surface area contributed by atoms with Crippen LogP contribution in [0.3, 0.4) is 0 Å². The number of ether oxygens (including phenoxy) is 2. The number of aromatic amines is 1. The Morgan fingerprint density at radius 1 is 0.978 bits per heavy atom. The fraction of sp³-hybridized carbons (Fsp3) is 0.294. The lowest BCUT2D eigenvalue weighted by atomic mass is 9.68. The van der Waals surface area contributed by atoms with Crippen molar-refractivity contribution < 1.29 is 28.2 Å². The summed E-state index contributed by atoms with van der Waals surface area (Å²) in [6, 6.07) is 20.2. The summed E-state index contributed by atoms with van der Waals surface area (Å²) in [6.45, 7) is -0.216. The number of para-hydroxylation sites is 1. The molecule has 0 spiro atoms. The van der Waals surface area contributed by atoms with Crippen molar-refractivity contribution in [1.82, 2.24) is 4.98 Å². The number of thiazole rings is 1. The van der Waals surface area contributed by atoms with E-state index in [1.807, 2.05) is 30.3 Å². The minimum atomic E-state index is -0.475. The van der Waals surface area contributed by atoms with Gasteiger partial charge in [0.15, 0.2) is 18.1 Å². The van der Waals surface area contributed by atoms with Crippen LogP contribution in [0.2, 0.25) is 0 Å². The summed E-state index contributed by atoms with van der Waals surface area (Å²) in [4.78, 5) is 57.8. The van der Waals surface area contributed by atoms with Gasteiger partial charge in [0.2, 0.25) is 11.8 Å². The van der Waals surface area contributed by atoms with E-state index in [0.717, 1.165) is 21.9 Å². The van der Waals surface area contributed by atoms with Gasteiger partial charge in [0, 0.05) is 21.7 Å². The van der Waals surface area contributed by atoms with Crippen LogP contribution < -0.4 is 24.6 Å².